The van der Waals surface area contributed by atoms with Crippen LogP contribution in [0.5, 0.6) is 0 Å². The topological polar surface area (TPSA) is 45.7 Å². The number of nitrogens with one attached hydrogen (secondary N) is 2. The number of hydrogen-bond acceptors (Lipinski definition) is 3. The van der Waals surface area contributed by atoms with E-state index in [1.54, 1.807) is 7.11 Å². The van der Waals surface area contributed by atoms with Crippen LogP contribution >= 0.6 is 23.4 Å². The Kier molecular flexibility index (Phi) is 8.40. The number of thioether (sulfide) groups is 1. The maximum atomic E-state index is 6.12. The first kappa shape index (κ1) is 20.4. The van der Waals surface area contributed by atoms with E-state index in [0.717, 1.165) is 37.1 Å². The molecule has 25 heavy (non-hydrogen) atoms. The zero-order valence-corrected chi connectivity index (χ0v) is 17.1. The van der Waals surface area contributed by atoms with Crippen LogP contribution in [0.4, 0.5) is 0 Å². The van der Waals surface area contributed by atoms with Crippen LogP contribution in [0.3, 0.4) is 0 Å². The fourth-order valence-electron chi connectivity index (χ4n) is 3.24. The summed E-state index contributed by atoms with van der Waals surface area (Å²) in [7, 11) is 3.60. The van der Waals surface area contributed by atoms with Crippen molar-refractivity contribution in [1.82, 2.24) is 10.6 Å². The number of methoxy groups -OCH3 is 1. The normalized spacial score (nSPS) is 17.7. The van der Waals surface area contributed by atoms with Gasteiger partial charge in [0.05, 0.1) is 0 Å². The van der Waals surface area contributed by atoms with Gasteiger partial charge < -0.3 is 15.4 Å². The van der Waals surface area contributed by atoms with Crippen molar-refractivity contribution in [2.45, 2.75) is 30.9 Å². The summed E-state index contributed by atoms with van der Waals surface area (Å²) in [5.74, 6) is 0.866. The SMILES string of the molecule is CN=C(NCC(SC)c1cccc(Cl)c1)NCC1(CCOC)CCC1. The third-order valence-corrected chi connectivity index (χ3v) is 6.31. The molecule has 1 saturated carbocycles. The average molecular weight is 384 g/mol. The summed E-state index contributed by atoms with van der Waals surface area (Å²) in [5, 5.41) is 8.09. The minimum absolute atomic E-state index is 0.336. The summed E-state index contributed by atoms with van der Waals surface area (Å²) in [4.78, 5) is 4.38. The lowest BCUT2D eigenvalue weighted by molar-refractivity contribution is 0.0732. The van der Waals surface area contributed by atoms with Crippen LogP contribution in [0.2, 0.25) is 5.02 Å². The molecule has 2 rings (SSSR count). The van der Waals surface area contributed by atoms with Crippen molar-refractivity contribution in [3.63, 3.8) is 0 Å². The Morgan fingerprint density at radius 1 is 1.40 bits per heavy atom. The zero-order chi connectivity index (χ0) is 18.1. The number of aliphatic imine (C=N–C) groups is 1. The van der Waals surface area contributed by atoms with Gasteiger partial charge in [-0.1, -0.05) is 30.2 Å². The first-order chi connectivity index (χ1) is 12.1. The molecule has 0 radical (unpaired) electrons. The van der Waals surface area contributed by atoms with E-state index in [2.05, 4.69) is 27.9 Å². The predicted octanol–water partition coefficient (Wildman–Crippen LogP) is 4.12. The second-order valence-electron chi connectivity index (χ2n) is 6.68. The molecule has 140 valence electrons. The summed E-state index contributed by atoms with van der Waals surface area (Å²) < 4.78 is 5.27. The Morgan fingerprint density at radius 2 is 2.20 bits per heavy atom. The molecule has 1 atom stereocenters. The Bertz CT molecular complexity index is 563. The van der Waals surface area contributed by atoms with Gasteiger partial charge in [-0.05, 0) is 48.6 Å². The molecule has 0 bridgehead atoms. The maximum Gasteiger partial charge on any atom is 0.191 e. The molecule has 0 heterocycles. The van der Waals surface area contributed by atoms with Gasteiger partial charge in [-0.25, -0.2) is 0 Å². The first-order valence-corrected chi connectivity index (χ1v) is 10.5. The van der Waals surface area contributed by atoms with Crippen molar-refractivity contribution in [2.24, 2.45) is 10.4 Å². The van der Waals surface area contributed by atoms with Gasteiger partial charge in [-0.3, -0.25) is 4.99 Å². The molecule has 1 fully saturated rings. The highest BCUT2D eigenvalue weighted by molar-refractivity contribution is 7.98. The highest BCUT2D eigenvalue weighted by Crippen LogP contribution is 2.43. The zero-order valence-electron chi connectivity index (χ0n) is 15.5. The smallest absolute Gasteiger partial charge is 0.191 e. The molecule has 0 amide bonds. The second kappa shape index (κ2) is 10.3. The number of nitrogens with zero attached hydrogens (tertiary/aromatic N) is 1. The standard InChI is InChI=1S/C19H30ClN3OS/c1-21-18(23-14-19(8-5-9-19)10-11-24-2)22-13-17(25-3)15-6-4-7-16(20)12-15/h4,6-7,12,17H,5,8-11,13-14H2,1-3H3,(H2,21,22,23). The Balaban J connectivity index is 1.85. The number of halogens is 1. The van der Waals surface area contributed by atoms with Crippen LogP contribution < -0.4 is 10.6 Å². The monoisotopic (exact) mass is 383 g/mol. The third kappa shape index (κ3) is 6.08. The molecule has 0 aromatic heterocycles. The van der Waals surface area contributed by atoms with E-state index in [4.69, 9.17) is 16.3 Å². The Morgan fingerprint density at radius 3 is 2.76 bits per heavy atom. The molecule has 0 aliphatic heterocycles. The van der Waals surface area contributed by atoms with E-state index >= 15 is 0 Å². The van der Waals surface area contributed by atoms with Gasteiger partial charge in [-0.2, -0.15) is 11.8 Å². The minimum atomic E-state index is 0.336. The summed E-state index contributed by atoms with van der Waals surface area (Å²) in [6, 6.07) is 8.08. The van der Waals surface area contributed by atoms with E-state index in [9.17, 15) is 0 Å². The summed E-state index contributed by atoms with van der Waals surface area (Å²) >= 11 is 7.94. The molecular weight excluding hydrogens is 354 g/mol. The fourth-order valence-corrected chi connectivity index (χ4v) is 4.10. The quantitative estimate of drug-likeness (QED) is 0.497. The van der Waals surface area contributed by atoms with E-state index in [-0.39, 0.29) is 0 Å². The molecule has 1 unspecified atom stereocenters. The van der Waals surface area contributed by atoms with Crippen LogP contribution in [0, 0.1) is 5.41 Å². The molecular formula is C19H30ClN3OS. The first-order valence-electron chi connectivity index (χ1n) is 8.84. The van der Waals surface area contributed by atoms with Gasteiger partial charge >= 0.3 is 0 Å². The molecule has 0 spiro atoms. The molecule has 2 N–H and O–H groups in total. The highest BCUT2D eigenvalue weighted by atomic mass is 35.5. The van der Waals surface area contributed by atoms with Crippen molar-refractivity contribution in [3.8, 4) is 0 Å². The predicted molar refractivity (Wildman–Crippen MR) is 110 cm³/mol. The molecule has 1 aliphatic rings. The largest absolute Gasteiger partial charge is 0.385 e. The van der Waals surface area contributed by atoms with Gasteiger partial charge in [-0.15, -0.1) is 0 Å². The van der Waals surface area contributed by atoms with Crippen molar-refractivity contribution in [2.75, 3.05) is 40.1 Å². The van der Waals surface area contributed by atoms with E-state index in [1.165, 1.54) is 24.8 Å². The minimum Gasteiger partial charge on any atom is -0.385 e. The number of rotatable bonds is 9. The molecule has 4 nitrogen and oxygen atoms in total. The third-order valence-electron chi connectivity index (χ3n) is 5.07. The lowest BCUT2D eigenvalue weighted by Crippen LogP contribution is -2.47. The van der Waals surface area contributed by atoms with Crippen LogP contribution in [0.1, 0.15) is 36.5 Å². The fraction of sp³-hybridized carbons (Fsp3) is 0.632. The van der Waals surface area contributed by atoms with Crippen LogP contribution in [0.15, 0.2) is 29.3 Å². The van der Waals surface area contributed by atoms with Crippen molar-refractivity contribution in [3.05, 3.63) is 34.9 Å². The van der Waals surface area contributed by atoms with Gasteiger partial charge in [0.15, 0.2) is 5.96 Å². The number of hydrogen-bond donors (Lipinski definition) is 2. The van der Waals surface area contributed by atoms with Gasteiger partial charge in [0, 0.05) is 44.1 Å². The lowest BCUT2D eigenvalue weighted by atomic mass is 9.67. The maximum absolute atomic E-state index is 6.12. The van der Waals surface area contributed by atoms with Crippen LogP contribution in [-0.2, 0) is 4.74 Å². The number of guanidine groups is 1. The van der Waals surface area contributed by atoms with E-state index in [1.807, 2.05) is 37.0 Å². The second-order valence-corrected chi connectivity index (χ2v) is 8.16. The van der Waals surface area contributed by atoms with Gasteiger partial charge in [0.25, 0.3) is 0 Å². The van der Waals surface area contributed by atoms with Crippen LogP contribution in [-0.4, -0.2) is 46.1 Å². The summed E-state index contributed by atoms with van der Waals surface area (Å²) in [5.41, 5.74) is 1.61. The van der Waals surface area contributed by atoms with Gasteiger partial charge in [0.1, 0.15) is 0 Å². The number of ether oxygens (including phenoxy) is 1. The molecule has 1 aromatic carbocycles. The summed E-state index contributed by atoms with van der Waals surface area (Å²) in [6.07, 6.45) is 7.11. The van der Waals surface area contributed by atoms with E-state index < -0.39 is 0 Å². The number of benzene rings is 1. The summed E-state index contributed by atoms with van der Waals surface area (Å²) in [6.45, 7) is 2.60. The molecule has 0 saturated heterocycles. The highest BCUT2D eigenvalue weighted by Gasteiger charge is 2.36. The Hall–Kier alpha value is -0.910. The lowest BCUT2D eigenvalue weighted by Gasteiger charge is -2.42. The van der Waals surface area contributed by atoms with E-state index in [0.29, 0.717) is 10.7 Å². The van der Waals surface area contributed by atoms with Crippen molar-refractivity contribution < 1.29 is 4.74 Å². The van der Waals surface area contributed by atoms with Gasteiger partial charge in [0.2, 0.25) is 0 Å². The molecule has 1 aliphatic carbocycles. The van der Waals surface area contributed by atoms with Crippen molar-refractivity contribution >= 4 is 29.3 Å². The molecule has 1 aromatic rings. The van der Waals surface area contributed by atoms with Crippen molar-refractivity contribution in [1.29, 1.82) is 0 Å². The average Bonchev–Trinajstić information content (AvgIpc) is 2.59. The Labute approximate surface area is 161 Å². The van der Waals surface area contributed by atoms with Crippen LogP contribution in [0.25, 0.3) is 0 Å². The molecule has 6 heteroatoms.